The molecule has 2 N–H and O–H groups in total. The van der Waals surface area contributed by atoms with E-state index in [1.54, 1.807) is 6.33 Å². The van der Waals surface area contributed by atoms with Gasteiger partial charge in [-0.15, -0.1) is 0 Å². The molecule has 0 saturated carbocycles. The zero-order valence-corrected chi connectivity index (χ0v) is 11.6. The molecular formula is C12H13IN4. The highest BCUT2D eigenvalue weighted by Gasteiger charge is 1.98. The predicted octanol–water partition coefficient (Wildman–Crippen LogP) is 2.74. The van der Waals surface area contributed by atoms with Crippen LogP contribution in [0.3, 0.4) is 0 Å². The first-order valence-electron chi connectivity index (χ1n) is 5.26. The monoisotopic (exact) mass is 340 g/mol. The van der Waals surface area contributed by atoms with Gasteiger partial charge in [-0.25, -0.2) is 9.97 Å². The van der Waals surface area contributed by atoms with Gasteiger partial charge < -0.3 is 10.6 Å². The first kappa shape index (κ1) is 12.1. The zero-order valence-electron chi connectivity index (χ0n) is 9.44. The SMILES string of the molecule is CNc1cc(NCc2cccc(I)c2)ncn1. The molecule has 17 heavy (non-hydrogen) atoms. The Morgan fingerprint density at radius 1 is 1.18 bits per heavy atom. The van der Waals surface area contributed by atoms with Crippen LogP contribution in [0.15, 0.2) is 36.7 Å². The van der Waals surface area contributed by atoms with Crippen LogP contribution >= 0.6 is 22.6 Å². The van der Waals surface area contributed by atoms with Crippen molar-refractivity contribution in [2.24, 2.45) is 0 Å². The Balaban J connectivity index is 2.02. The van der Waals surface area contributed by atoms with Gasteiger partial charge in [0.1, 0.15) is 18.0 Å². The molecule has 0 unspecified atom stereocenters. The summed E-state index contributed by atoms with van der Waals surface area (Å²) in [6.45, 7) is 0.761. The molecule has 2 aromatic rings. The Morgan fingerprint density at radius 2 is 2.00 bits per heavy atom. The molecule has 0 atom stereocenters. The van der Waals surface area contributed by atoms with Crippen molar-refractivity contribution in [2.45, 2.75) is 6.54 Å². The molecule has 0 fully saturated rings. The van der Waals surface area contributed by atoms with Gasteiger partial charge in [0, 0.05) is 23.2 Å². The number of hydrogen-bond donors (Lipinski definition) is 2. The van der Waals surface area contributed by atoms with Crippen LogP contribution in [0.5, 0.6) is 0 Å². The molecule has 0 saturated heterocycles. The standard InChI is InChI=1S/C12H13IN4/c1-14-11-6-12(17-8-16-11)15-7-9-3-2-4-10(13)5-9/h2-6,8H,7H2,1H3,(H2,14,15,16,17). The lowest BCUT2D eigenvalue weighted by atomic mass is 10.2. The van der Waals surface area contributed by atoms with E-state index < -0.39 is 0 Å². The molecule has 1 aromatic heterocycles. The summed E-state index contributed by atoms with van der Waals surface area (Å²) in [5, 5.41) is 6.25. The molecule has 2 rings (SSSR count). The number of rotatable bonds is 4. The highest BCUT2D eigenvalue weighted by atomic mass is 127. The summed E-state index contributed by atoms with van der Waals surface area (Å²) in [5.41, 5.74) is 1.24. The second kappa shape index (κ2) is 5.81. The molecule has 0 amide bonds. The van der Waals surface area contributed by atoms with Crippen molar-refractivity contribution < 1.29 is 0 Å². The lowest BCUT2D eigenvalue weighted by molar-refractivity contribution is 1.08. The summed E-state index contributed by atoms with van der Waals surface area (Å²) >= 11 is 2.31. The Bertz CT molecular complexity index is 501. The van der Waals surface area contributed by atoms with E-state index in [-0.39, 0.29) is 0 Å². The Labute approximate surface area is 114 Å². The van der Waals surface area contributed by atoms with Crippen LogP contribution < -0.4 is 10.6 Å². The van der Waals surface area contributed by atoms with Crippen molar-refractivity contribution in [2.75, 3.05) is 17.7 Å². The molecule has 0 radical (unpaired) electrons. The van der Waals surface area contributed by atoms with Crippen LogP contribution in [0.1, 0.15) is 5.56 Å². The number of benzene rings is 1. The van der Waals surface area contributed by atoms with Crippen molar-refractivity contribution in [3.8, 4) is 0 Å². The molecule has 0 aliphatic rings. The summed E-state index contributed by atoms with van der Waals surface area (Å²) in [6, 6.07) is 10.3. The molecule has 5 heteroatoms. The van der Waals surface area contributed by atoms with Crippen LogP contribution in [0.25, 0.3) is 0 Å². The van der Waals surface area contributed by atoms with E-state index in [0.29, 0.717) is 0 Å². The molecule has 1 aromatic carbocycles. The summed E-state index contributed by atoms with van der Waals surface area (Å²) in [4.78, 5) is 8.22. The lowest BCUT2D eigenvalue weighted by Crippen LogP contribution is -2.03. The van der Waals surface area contributed by atoms with Gasteiger partial charge >= 0.3 is 0 Å². The predicted molar refractivity (Wildman–Crippen MR) is 78.1 cm³/mol. The van der Waals surface area contributed by atoms with Gasteiger partial charge in [-0.05, 0) is 40.3 Å². The highest BCUT2D eigenvalue weighted by molar-refractivity contribution is 14.1. The number of nitrogens with one attached hydrogen (secondary N) is 2. The van der Waals surface area contributed by atoms with Crippen LogP contribution in [-0.4, -0.2) is 17.0 Å². The van der Waals surface area contributed by atoms with Crippen molar-refractivity contribution in [1.82, 2.24) is 9.97 Å². The molecule has 4 nitrogen and oxygen atoms in total. The van der Waals surface area contributed by atoms with Crippen molar-refractivity contribution in [3.63, 3.8) is 0 Å². The minimum absolute atomic E-state index is 0.761. The first-order valence-corrected chi connectivity index (χ1v) is 6.34. The third-order valence-corrected chi connectivity index (χ3v) is 2.96. The van der Waals surface area contributed by atoms with Gasteiger partial charge in [0.2, 0.25) is 0 Å². The third-order valence-electron chi connectivity index (χ3n) is 2.29. The average molecular weight is 340 g/mol. The fourth-order valence-electron chi connectivity index (χ4n) is 1.43. The highest BCUT2D eigenvalue weighted by Crippen LogP contribution is 2.11. The number of halogens is 1. The molecule has 0 aliphatic carbocycles. The molecular weight excluding hydrogens is 327 g/mol. The summed E-state index contributed by atoms with van der Waals surface area (Å²) in [7, 11) is 1.84. The maximum Gasteiger partial charge on any atom is 0.131 e. The maximum absolute atomic E-state index is 4.16. The van der Waals surface area contributed by atoms with Crippen molar-refractivity contribution in [3.05, 3.63) is 45.8 Å². The van der Waals surface area contributed by atoms with E-state index in [0.717, 1.165) is 18.2 Å². The van der Waals surface area contributed by atoms with E-state index in [1.807, 2.05) is 13.1 Å². The molecule has 1 heterocycles. The average Bonchev–Trinajstić information content (AvgIpc) is 2.37. The zero-order chi connectivity index (χ0) is 12.1. The third kappa shape index (κ3) is 3.55. The van der Waals surface area contributed by atoms with Crippen LogP contribution in [0.4, 0.5) is 11.6 Å². The van der Waals surface area contributed by atoms with Gasteiger partial charge in [-0.2, -0.15) is 0 Å². The van der Waals surface area contributed by atoms with Crippen molar-refractivity contribution >= 4 is 34.2 Å². The van der Waals surface area contributed by atoms with Crippen LogP contribution in [0.2, 0.25) is 0 Å². The van der Waals surface area contributed by atoms with Crippen LogP contribution in [0, 0.1) is 3.57 Å². The van der Waals surface area contributed by atoms with Gasteiger partial charge in [0.25, 0.3) is 0 Å². The number of nitrogens with zero attached hydrogens (tertiary/aromatic N) is 2. The first-order chi connectivity index (χ1) is 8.28. The minimum Gasteiger partial charge on any atom is -0.373 e. The van der Waals surface area contributed by atoms with E-state index >= 15 is 0 Å². The van der Waals surface area contributed by atoms with Gasteiger partial charge in [-0.1, -0.05) is 12.1 Å². The van der Waals surface area contributed by atoms with Crippen molar-refractivity contribution in [1.29, 1.82) is 0 Å². The summed E-state index contributed by atoms with van der Waals surface area (Å²) < 4.78 is 1.24. The van der Waals surface area contributed by atoms with E-state index in [2.05, 4.69) is 67.5 Å². The van der Waals surface area contributed by atoms with Crippen LogP contribution in [-0.2, 0) is 6.54 Å². The molecule has 88 valence electrons. The van der Waals surface area contributed by atoms with E-state index in [4.69, 9.17) is 0 Å². The largest absolute Gasteiger partial charge is 0.373 e. The number of anilines is 2. The quantitative estimate of drug-likeness (QED) is 0.841. The topological polar surface area (TPSA) is 49.8 Å². The molecule has 0 spiro atoms. The lowest BCUT2D eigenvalue weighted by Gasteiger charge is -2.07. The Hall–Kier alpha value is -1.37. The number of hydrogen-bond acceptors (Lipinski definition) is 4. The fourth-order valence-corrected chi connectivity index (χ4v) is 2.04. The van der Waals surface area contributed by atoms with Gasteiger partial charge in [0.15, 0.2) is 0 Å². The second-order valence-electron chi connectivity index (χ2n) is 3.52. The molecule has 0 bridgehead atoms. The Morgan fingerprint density at radius 3 is 2.76 bits per heavy atom. The normalized spacial score (nSPS) is 10.0. The fraction of sp³-hybridized carbons (Fsp3) is 0.167. The Kier molecular flexibility index (Phi) is 4.13. The maximum atomic E-state index is 4.16. The van der Waals surface area contributed by atoms with Gasteiger partial charge in [0.05, 0.1) is 0 Å². The minimum atomic E-state index is 0.761. The molecule has 0 aliphatic heterocycles. The smallest absolute Gasteiger partial charge is 0.131 e. The summed E-state index contributed by atoms with van der Waals surface area (Å²) in [6.07, 6.45) is 1.54. The van der Waals surface area contributed by atoms with Gasteiger partial charge in [-0.3, -0.25) is 0 Å². The van der Waals surface area contributed by atoms with E-state index in [1.165, 1.54) is 9.13 Å². The number of aromatic nitrogens is 2. The second-order valence-corrected chi connectivity index (χ2v) is 4.77. The van der Waals surface area contributed by atoms with E-state index in [9.17, 15) is 0 Å². The summed E-state index contributed by atoms with van der Waals surface area (Å²) in [5.74, 6) is 1.63.